The predicted molar refractivity (Wildman–Crippen MR) is 127 cm³/mol. The van der Waals surface area contributed by atoms with Crippen molar-refractivity contribution in [2.45, 2.75) is 34.2 Å². The van der Waals surface area contributed by atoms with Crippen LogP contribution in [0.4, 0.5) is 14.3 Å². The standard InChI is InChI=1S/C25H24BF2N4O2/c1-16-13-18(3)30-24(16)23(25-17(2)14-19(4)31(25)26(30,27)28)21-9-11-29(12-10-21)15-20-5-7-22(8-6-20)32(33)34/h5-14H,15H2,1-4H3/q+1. The van der Waals surface area contributed by atoms with Crippen molar-refractivity contribution in [3.8, 4) is 0 Å². The number of nitro benzene ring substituents is 1. The van der Waals surface area contributed by atoms with E-state index in [0.29, 0.717) is 29.3 Å². The molecule has 0 fully saturated rings. The second-order valence-electron chi connectivity index (χ2n) is 9.02. The molecular formula is C25H24BF2N4O2+. The monoisotopic (exact) mass is 461 g/mol. The Labute approximate surface area is 196 Å². The Morgan fingerprint density at radius 3 is 2.29 bits per heavy atom. The summed E-state index contributed by atoms with van der Waals surface area (Å²) < 4.78 is 35.8. The van der Waals surface area contributed by atoms with Gasteiger partial charge >= 0.3 is 6.97 Å². The molecule has 0 unspecified atom stereocenters. The fourth-order valence-electron chi connectivity index (χ4n) is 5.24. The van der Waals surface area contributed by atoms with E-state index in [2.05, 4.69) is 0 Å². The Kier molecular flexibility index (Phi) is 4.89. The Balaban J connectivity index is 1.59. The lowest BCUT2D eigenvalue weighted by atomic mass is 9.84. The van der Waals surface area contributed by atoms with E-state index < -0.39 is 11.9 Å². The average Bonchev–Trinajstić information content (AvgIpc) is 3.25. The largest absolute Gasteiger partial charge is 0.737 e. The van der Waals surface area contributed by atoms with Gasteiger partial charge in [0.1, 0.15) is 5.71 Å². The molecule has 34 heavy (non-hydrogen) atoms. The molecule has 1 aromatic carbocycles. The zero-order valence-corrected chi connectivity index (χ0v) is 19.4. The molecular weight excluding hydrogens is 437 g/mol. The molecule has 172 valence electrons. The maximum Gasteiger partial charge on any atom is 0.737 e. The smallest absolute Gasteiger partial charge is 0.393 e. The predicted octanol–water partition coefficient (Wildman–Crippen LogP) is 4.78. The van der Waals surface area contributed by atoms with Gasteiger partial charge in [0.25, 0.3) is 5.69 Å². The summed E-state index contributed by atoms with van der Waals surface area (Å²) in [6.45, 7) is 3.75. The first kappa shape index (κ1) is 21.9. The molecule has 0 atom stereocenters. The van der Waals surface area contributed by atoms with E-state index in [0.717, 1.165) is 27.8 Å². The molecule has 0 radical (unpaired) electrons. The van der Waals surface area contributed by atoms with E-state index >= 15 is 8.63 Å². The summed E-state index contributed by atoms with van der Waals surface area (Å²) in [5.41, 5.74) is 6.47. The lowest BCUT2D eigenvalue weighted by Crippen LogP contribution is -2.51. The normalized spacial score (nSPS) is 16.5. The lowest BCUT2D eigenvalue weighted by Gasteiger charge is -2.33. The summed E-state index contributed by atoms with van der Waals surface area (Å²) in [6, 6.07) is 12.1. The summed E-state index contributed by atoms with van der Waals surface area (Å²) in [4.78, 5) is 10.5. The summed E-state index contributed by atoms with van der Waals surface area (Å²) in [7, 11) is 0. The van der Waals surface area contributed by atoms with Gasteiger partial charge in [-0.3, -0.25) is 10.1 Å². The SMILES string of the molecule is CC1=CC(C)=[N+]2C1=C(c1cc[n+](Cc3ccc([N+](=O)[O-])cc3)cc1)c1c(C)cc(C)n1[B-]2(F)F. The molecule has 2 aliphatic rings. The van der Waals surface area contributed by atoms with Crippen LogP contribution in [0.25, 0.3) is 5.57 Å². The van der Waals surface area contributed by atoms with Gasteiger partial charge in [-0.1, -0.05) is 0 Å². The topological polar surface area (TPSA) is 55.0 Å². The van der Waals surface area contributed by atoms with Crippen molar-refractivity contribution in [1.82, 2.24) is 4.48 Å². The maximum absolute atomic E-state index is 15.7. The Hall–Kier alpha value is -3.88. The van der Waals surface area contributed by atoms with Crippen molar-refractivity contribution in [3.63, 3.8) is 0 Å². The minimum atomic E-state index is -4.00. The number of allylic oxidation sites excluding steroid dienone is 2. The van der Waals surface area contributed by atoms with E-state index in [9.17, 15) is 10.1 Å². The molecule has 3 aromatic rings. The fraction of sp³-hybridized carbons (Fsp3) is 0.200. The number of aryl methyl sites for hydroxylation is 2. The van der Waals surface area contributed by atoms with E-state index in [1.165, 1.54) is 21.1 Å². The van der Waals surface area contributed by atoms with Gasteiger partial charge in [0, 0.05) is 59.7 Å². The molecule has 4 heterocycles. The first-order valence-electron chi connectivity index (χ1n) is 11.1. The number of nitrogens with zero attached hydrogens (tertiary/aromatic N) is 4. The summed E-state index contributed by atoms with van der Waals surface area (Å²) in [5.74, 6) is 0. The zero-order chi connectivity index (χ0) is 24.4. The van der Waals surface area contributed by atoms with Crippen LogP contribution in [0.2, 0.25) is 0 Å². The molecule has 5 rings (SSSR count). The minimum absolute atomic E-state index is 0.0542. The van der Waals surface area contributed by atoms with Crippen molar-refractivity contribution >= 4 is 23.9 Å². The number of fused-ring (bicyclic) bond motifs is 2. The number of pyridine rings is 1. The van der Waals surface area contributed by atoms with Crippen molar-refractivity contribution < 1.29 is 22.6 Å². The third-order valence-corrected chi connectivity index (χ3v) is 6.63. The number of non-ortho nitro benzene ring substituents is 1. The van der Waals surface area contributed by atoms with Gasteiger partial charge in [0.05, 0.1) is 10.5 Å². The number of rotatable bonds is 4. The summed E-state index contributed by atoms with van der Waals surface area (Å²) in [6.07, 6.45) is 5.64. The highest BCUT2D eigenvalue weighted by Gasteiger charge is 2.55. The minimum Gasteiger partial charge on any atom is -0.393 e. The van der Waals surface area contributed by atoms with E-state index in [4.69, 9.17) is 0 Å². The lowest BCUT2D eigenvalue weighted by molar-refractivity contribution is -0.688. The van der Waals surface area contributed by atoms with Gasteiger partial charge in [-0.2, -0.15) is 0 Å². The van der Waals surface area contributed by atoms with E-state index in [1.807, 2.05) is 55.1 Å². The fourth-order valence-corrected chi connectivity index (χ4v) is 5.24. The summed E-state index contributed by atoms with van der Waals surface area (Å²) in [5, 5.41) is 10.9. The van der Waals surface area contributed by atoms with Gasteiger partial charge in [-0.05, 0) is 50.2 Å². The average molecular weight is 461 g/mol. The maximum atomic E-state index is 15.7. The van der Waals surface area contributed by atoms with Crippen molar-refractivity contribution in [3.05, 3.63) is 110 Å². The molecule has 0 saturated carbocycles. The third kappa shape index (κ3) is 3.22. The molecule has 9 heteroatoms. The Morgan fingerprint density at radius 2 is 1.68 bits per heavy atom. The molecule has 0 saturated heterocycles. The number of nitro groups is 1. The van der Waals surface area contributed by atoms with Crippen LogP contribution in [-0.4, -0.2) is 26.6 Å². The Bertz CT molecular complexity index is 1450. The molecule has 2 aromatic heterocycles. The number of hydrogen-bond donors (Lipinski definition) is 0. The first-order valence-corrected chi connectivity index (χ1v) is 11.1. The number of aromatic nitrogens is 2. The van der Waals surface area contributed by atoms with Gasteiger partial charge < -0.3 is 17.6 Å². The Morgan fingerprint density at radius 1 is 1.03 bits per heavy atom. The van der Waals surface area contributed by atoms with Crippen LogP contribution in [0.5, 0.6) is 0 Å². The second-order valence-corrected chi connectivity index (χ2v) is 9.02. The molecule has 6 nitrogen and oxygen atoms in total. The van der Waals surface area contributed by atoms with Gasteiger partial charge in [0.2, 0.25) is 0 Å². The molecule has 0 amide bonds. The number of hydrogen-bond acceptors (Lipinski definition) is 2. The molecule has 0 spiro atoms. The molecule has 2 aliphatic heterocycles. The van der Waals surface area contributed by atoms with Crippen LogP contribution in [-0.2, 0) is 6.54 Å². The molecule has 0 bridgehead atoms. The van der Waals surface area contributed by atoms with E-state index in [1.54, 1.807) is 26.0 Å². The van der Waals surface area contributed by atoms with Gasteiger partial charge in [-0.15, -0.1) is 0 Å². The third-order valence-electron chi connectivity index (χ3n) is 6.63. The number of benzene rings is 1. The van der Waals surface area contributed by atoms with Gasteiger partial charge in [0.15, 0.2) is 24.6 Å². The molecule has 0 N–H and O–H groups in total. The quantitative estimate of drug-likeness (QED) is 0.243. The van der Waals surface area contributed by atoms with Crippen molar-refractivity contribution in [2.75, 3.05) is 0 Å². The number of halogens is 2. The second kappa shape index (κ2) is 7.58. The van der Waals surface area contributed by atoms with Crippen LogP contribution in [0, 0.1) is 24.0 Å². The van der Waals surface area contributed by atoms with Crippen LogP contribution in [0.15, 0.2) is 72.2 Å². The van der Waals surface area contributed by atoms with Crippen LogP contribution < -0.4 is 4.57 Å². The highest BCUT2D eigenvalue weighted by molar-refractivity contribution is 6.58. The highest BCUT2D eigenvalue weighted by atomic mass is 19.2. The van der Waals surface area contributed by atoms with Gasteiger partial charge in [-0.25, -0.2) is 4.57 Å². The molecule has 0 aliphatic carbocycles. The highest BCUT2D eigenvalue weighted by Crippen LogP contribution is 2.43. The zero-order valence-electron chi connectivity index (χ0n) is 19.4. The van der Waals surface area contributed by atoms with Crippen LogP contribution >= 0.6 is 0 Å². The van der Waals surface area contributed by atoms with Crippen molar-refractivity contribution in [2.24, 2.45) is 0 Å². The van der Waals surface area contributed by atoms with Crippen LogP contribution in [0.3, 0.4) is 0 Å². The van der Waals surface area contributed by atoms with E-state index in [-0.39, 0.29) is 5.69 Å². The van der Waals surface area contributed by atoms with Crippen molar-refractivity contribution in [1.29, 1.82) is 0 Å². The summed E-state index contributed by atoms with van der Waals surface area (Å²) >= 11 is 0. The van der Waals surface area contributed by atoms with Crippen LogP contribution in [0.1, 0.15) is 41.9 Å². The first-order chi connectivity index (χ1) is 16.1.